The van der Waals surface area contributed by atoms with Crippen LogP contribution in [0.25, 0.3) is 0 Å². The van der Waals surface area contributed by atoms with Crippen molar-refractivity contribution in [2.24, 2.45) is 0 Å². The summed E-state index contributed by atoms with van der Waals surface area (Å²) in [5.41, 5.74) is 0.179. The SMILES string of the molecule is COCCCS(=O)CCOc1cccc(C(=O)O)c1. The van der Waals surface area contributed by atoms with Gasteiger partial charge in [0.15, 0.2) is 0 Å². The highest BCUT2D eigenvalue weighted by atomic mass is 32.2. The van der Waals surface area contributed by atoms with Gasteiger partial charge in [-0.25, -0.2) is 4.79 Å². The molecule has 0 aliphatic heterocycles. The first kappa shape index (κ1) is 15.7. The molecule has 19 heavy (non-hydrogen) atoms. The minimum absolute atomic E-state index is 0.179. The quantitative estimate of drug-likeness (QED) is 0.697. The molecule has 106 valence electrons. The molecule has 0 aromatic heterocycles. The van der Waals surface area contributed by atoms with Crippen molar-refractivity contribution in [1.82, 2.24) is 0 Å². The molecule has 0 radical (unpaired) electrons. The van der Waals surface area contributed by atoms with Gasteiger partial charge in [0.2, 0.25) is 0 Å². The number of hydrogen-bond acceptors (Lipinski definition) is 4. The van der Waals surface area contributed by atoms with Crippen LogP contribution in [0.1, 0.15) is 16.8 Å². The van der Waals surface area contributed by atoms with Gasteiger partial charge in [-0.15, -0.1) is 0 Å². The van der Waals surface area contributed by atoms with Crippen molar-refractivity contribution in [3.8, 4) is 5.75 Å². The number of rotatable bonds is 9. The zero-order valence-electron chi connectivity index (χ0n) is 10.8. The van der Waals surface area contributed by atoms with Crippen molar-refractivity contribution in [2.75, 3.05) is 31.8 Å². The van der Waals surface area contributed by atoms with Gasteiger partial charge in [-0.3, -0.25) is 4.21 Å². The van der Waals surface area contributed by atoms with E-state index in [9.17, 15) is 9.00 Å². The molecule has 0 spiro atoms. The standard InChI is InChI=1S/C13H18O5S/c1-17-6-3-8-19(16)9-7-18-12-5-2-4-11(10-12)13(14)15/h2,4-5,10H,3,6-9H2,1H3,(H,14,15). The minimum Gasteiger partial charge on any atom is -0.493 e. The minimum atomic E-state index is -0.992. The fourth-order valence-electron chi connectivity index (χ4n) is 1.44. The predicted octanol–water partition coefficient (Wildman–Crippen LogP) is 1.55. The number of hydrogen-bond donors (Lipinski definition) is 1. The van der Waals surface area contributed by atoms with E-state index in [1.54, 1.807) is 19.2 Å². The van der Waals surface area contributed by atoms with Gasteiger partial charge >= 0.3 is 5.97 Å². The largest absolute Gasteiger partial charge is 0.493 e. The van der Waals surface area contributed by atoms with E-state index < -0.39 is 16.8 Å². The molecule has 0 saturated heterocycles. The third-order valence-corrected chi connectivity index (χ3v) is 3.75. The van der Waals surface area contributed by atoms with Crippen molar-refractivity contribution in [2.45, 2.75) is 6.42 Å². The summed E-state index contributed by atoms with van der Waals surface area (Å²) in [6.45, 7) is 0.913. The number of ether oxygens (including phenoxy) is 2. The summed E-state index contributed by atoms with van der Waals surface area (Å²) < 4.78 is 21.8. The lowest BCUT2D eigenvalue weighted by atomic mass is 10.2. The summed E-state index contributed by atoms with van der Waals surface area (Å²) in [4.78, 5) is 10.8. The molecule has 1 aromatic rings. The zero-order chi connectivity index (χ0) is 14.1. The molecule has 0 amide bonds. The van der Waals surface area contributed by atoms with Crippen molar-refractivity contribution in [1.29, 1.82) is 0 Å². The lowest BCUT2D eigenvalue weighted by molar-refractivity contribution is 0.0696. The fourth-order valence-corrected chi connectivity index (χ4v) is 2.35. The molecule has 1 rings (SSSR count). The van der Waals surface area contributed by atoms with Crippen LogP contribution in [0.5, 0.6) is 5.75 Å². The van der Waals surface area contributed by atoms with Crippen LogP contribution in [-0.2, 0) is 15.5 Å². The Bertz CT molecular complexity index is 433. The van der Waals surface area contributed by atoms with Crippen LogP contribution in [0, 0.1) is 0 Å². The van der Waals surface area contributed by atoms with Crippen LogP contribution in [0.4, 0.5) is 0 Å². The highest BCUT2D eigenvalue weighted by Gasteiger charge is 2.04. The molecule has 1 unspecified atom stereocenters. The third kappa shape index (κ3) is 6.35. The monoisotopic (exact) mass is 286 g/mol. The maximum atomic E-state index is 11.6. The first-order chi connectivity index (χ1) is 9.13. The van der Waals surface area contributed by atoms with E-state index in [0.29, 0.717) is 30.5 Å². The summed E-state index contributed by atoms with van der Waals surface area (Å²) in [5, 5.41) is 8.83. The van der Waals surface area contributed by atoms with Gasteiger partial charge in [0, 0.05) is 30.3 Å². The Balaban J connectivity index is 2.31. The molecule has 5 nitrogen and oxygen atoms in total. The van der Waals surface area contributed by atoms with Crippen molar-refractivity contribution in [3.05, 3.63) is 29.8 Å². The number of carbonyl (C=O) groups is 1. The molecule has 1 aromatic carbocycles. The van der Waals surface area contributed by atoms with Gasteiger partial charge in [0.25, 0.3) is 0 Å². The molecular formula is C13H18O5S. The third-order valence-electron chi connectivity index (χ3n) is 2.38. The van der Waals surface area contributed by atoms with Crippen LogP contribution >= 0.6 is 0 Å². The Morgan fingerprint density at radius 1 is 1.32 bits per heavy atom. The maximum absolute atomic E-state index is 11.6. The number of carboxylic acids is 1. The normalized spacial score (nSPS) is 12.1. The Labute approximate surface area is 115 Å². The molecule has 0 bridgehead atoms. The van der Waals surface area contributed by atoms with E-state index in [-0.39, 0.29) is 5.56 Å². The molecular weight excluding hydrogens is 268 g/mol. The van der Waals surface area contributed by atoms with Crippen LogP contribution in [0.2, 0.25) is 0 Å². The zero-order valence-corrected chi connectivity index (χ0v) is 11.6. The molecule has 0 heterocycles. The summed E-state index contributed by atoms with van der Waals surface area (Å²) in [6.07, 6.45) is 0.762. The van der Waals surface area contributed by atoms with Gasteiger partial charge in [0.1, 0.15) is 5.75 Å². The Hall–Kier alpha value is -1.40. The van der Waals surface area contributed by atoms with Crippen LogP contribution < -0.4 is 4.74 Å². The van der Waals surface area contributed by atoms with E-state index in [4.69, 9.17) is 14.6 Å². The van der Waals surface area contributed by atoms with Crippen LogP contribution in [0.3, 0.4) is 0 Å². The average Bonchev–Trinajstić information content (AvgIpc) is 2.39. The summed E-state index contributed by atoms with van der Waals surface area (Å²) in [6, 6.07) is 6.25. The van der Waals surface area contributed by atoms with Crippen LogP contribution in [0.15, 0.2) is 24.3 Å². The molecule has 1 N–H and O–H groups in total. The Kier molecular flexibility index (Phi) is 7.14. The molecule has 1 atom stereocenters. The molecule has 6 heteroatoms. The summed E-state index contributed by atoms with van der Waals surface area (Å²) >= 11 is 0. The van der Waals surface area contributed by atoms with Crippen molar-refractivity contribution >= 4 is 16.8 Å². The maximum Gasteiger partial charge on any atom is 0.335 e. The van der Waals surface area contributed by atoms with Crippen molar-refractivity contribution in [3.63, 3.8) is 0 Å². The molecule has 0 aliphatic rings. The second-order valence-corrected chi connectivity index (χ2v) is 5.57. The van der Waals surface area contributed by atoms with E-state index in [2.05, 4.69) is 0 Å². The Morgan fingerprint density at radius 3 is 2.79 bits per heavy atom. The van der Waals surface area contributed by atoms with Gasteiger partial charge in [0.05, 0.1) is 17.9 Å². The van der Waals surface area contributed by atoms with E-state index in [1.165, 1.54) is 12.1 Å². The van der Waals surface area contributed by atoms with Crippen molar-refractivity contribution < 1.29 is 23.6 Å². The van der Waals surface area contributed by atoms with Gasteiger partial charge in [-0.2, -0.15) is 0 Å². The van der Waals surface area contributed by atoms with Gasteiger partial charge in [-0.05, 0) is 24.6 Å². The van der Waals surface area contributed by atoms with Gasteiger partial charge in [-0.1, -0.05) is 6.07 Å². The second kappa shape index (κ2) is 8.66. The first-order valence-corrected chi connectivity index (χ1v) is 7.42. The molecule has 0 saturated carbocycles. The lowest BCUT2D eigenvalue weighted by Crippen LogP contribution is -2.12. The van der Waals surface area contributed by atoms with E-state index in [1.807, 2.05) is 0 Å². The fraction of sp³-hybridized carbons (Fsp3) is 0.462. The number of methoxy groups -OCH3 is 1. The smallest absolute Gasteiger partial charge is 0.335 e. The predicted molar refractivity (Wildman–Crippen MR) is 73.3 cm³/mol. The number of aromatic carboxylic acids is 1. The van der Waals surface area contributed by atoms with Gasteiger partial charge < -0.3 is 14.6 Å². The molecule has 0 aliphatic carbocycles. The average molecular weight is 286 g/mol. The Morgan fingerprint density at radius 2 is 2.11 bits per heavy atom. The summed E-state index contributed by atoms with van der Waals surface area (Å²) in [7, 11) is 0.682. The van der Waals surface area contributed by atoms with Crippen LogP contribution in [-0.4, -0.2) is 47.1 Å². The lowest BCUT2D eigenvalue weighted by Gasteiger charge is -2.06. The van der Waals surface area contributed by atoms with E-state index >= 15 is 0 Å². The summed E-state index contributed by atoms with van der Waals surface area (Å²) in [5.74, 6) is 0.510. The first-order valence-electron chi connectivity index (χ1n) is 5.93. The highest BCUT2D eigenvalue weighted by Crippen LogP contribution is 2.13. The molecule has 0 fully saturated rings. The van der Waals surface area contributed by atoms with E-state index in [0.717, 1.165) is 6.42 Å². The highest BCUT2D eigenvalue weighted by molar-refractivity contribution is 7.84. The second-order valence-electron chi connectivity index (χ2n) is 3.88. The number of carboxylic acid groups (broad SMARTS) is 1. The number of benzene rings is 1. The topological polar surface area (TPSA) is 72.8 Å².